The van der Waals surface area contributed by atoms with Gasteiger partial charge in [-0.05, 0) is 32.8 Å². The van der Waals surface area contributed by atoms with E-state index in [-0.39, 0.29) is 29.9 Å². The lowest BCUT2D eigenvalue weighted by Crippen LogP contribution is -2.28. The van der Waals surface area contributed by atoms with Crippen LogP contribution in [0.4, 0.5) is 5.82 Å². The molecule has 1 aliphatic heterocycles. The highest BCUT2D eigenvalue weighted by atomic mass is 16.6. The minimum Gasteiger partial charge on any atom is -0.383 e. The lowest BCUT2D eigenvalue weighted by Gasteiger charge is -2.16. The molecule has 2 atom stereocenters. The Morgan fingerprint density at radius 3 is 3.06 bits per heavy atom. The van der Waals surface area contributed by atoms with E-state index < -0.39 is 0 Å². The van der Waals surface area contributed by atoms with Crippen molar-refractivity contribution in [1.82, 2.24) is 9.55 Å². The molecule has 0 aromatic carbocycles. The molecule has 18 heavy (non-hydrogen) atoms. The molecule has 2 heterocycles. The van der Waals surface area contributed by atoms with Gasteiger partial charge in [0.25, 0.3) is 0 Å². The van der Waals surface area contributed by atoms with Crippen LogP contribution in [0, 0.1) is 0 Å². The number of rotatable bonds is 4. The van der Waals surface area contributed by atoms with Gasteiger partial charge in [-0.3, -0.25) is 4.57 Å². The van der Waals surface area contributed by atoms with E-state index in [9.17, 15) is 4.79 Å². The fraction of sp³-hybridized carbons (Fsp3) is 0.667. The van der Waals surface area contributed by atoms with Gasteiger partial charge in [-0.25, -0.2) is 4.79 Å². The summed E-state index contributed by atoms with van der Waals surface area (Å²) in [5, 5.41) is 0. The fourth-order valence-corrected chi connectivity index (χ4v) is 1.96. The summed E-state index contributed by atoms with van der Waals surface area (Å²) in [4.78, 5) is 15.4. The molecule has 0 radical (unpaired) electrons. The van der Waals surface area contributed by atoms with E-state index in [1.54, 1.807) is 12.3 Å². The van der Waals surface area contributed by atoms with Crippen LogP contribution < -0.4 is 11.4 Å². The molecule has 6 heteroatoms. The molecule has 0 spiro atoms. The molecule has 1 aliphatic rings. The van der Waals surface area contributed by atoms with Gasteiger partial charge in [-0.15, -0.1) is 0 Å². The molecular formula is C12H19N3O3. The van der Waals surface area contributed by atoms with Crippen LogP contribution in [0.1, 0.15) is 32.9 Å². The van der Waals surface area contributed by atoms with E-state index in [0.29, 0.717) is 6.61 Å². The molecule has 1 aromatic heterocycles. The van der Waals surface area contributed by atoms with E-state index in [0.717, 1.165) is 12.8 Å². The molecule has 1 aromatic rings. The highest BCUT2D eigenvalue weighted by molar-refractivity contribution is 5.23. The second-order valence-corrected chi connectivity index (χ2v) is 4.71. The van der Waals surface area contributed by atoms with E-state index in [1.165, 1.54) is 4.57 Å². The number of aromatic nitrogens is 2. The van der Waals surface area contributed by atoms with Crippen LogP contribution >= 0.6 is 0 Å². The highest BCUT2D eigenvalue weighted by Gasteiger charge is 2.27. The molecule has 0 unspecified atom stereocenters. The third-order valence-corrected chi connectivity index (χ3v) is 2.86. The molecule has 0 amide bonds. The predicted molar refractivity (Wildman–Crippen MR) is 67.1 cm³/mol. The zero-order chi connectivity index (χ0) is 13.1. The summed E-state index contributed by atoms with van der Waals surface area (Å²) in [5.41, 5.74) is 5.08. The van der Waals surface area contributed by atoms with Gasteiger partial charge >= 0.3 is 5.69 Å². The van der Waals surface area contributed by atoms with Crippen molar-refractivity contribution in [3.05, 3.63) is 22.7 Å². The number of hydrogen-bond donors (Lipinski definition) is 1. The Hall–Kier alpha value is -1.40. The first kappa shape index (κ1) is 13.0. The fourth-order valence-electron chi connectivity index (χ4n) is 1.96. The van der Waals surface area contributed by atoms with Gasteiger partial charge in [0.15, 0.2) is 0 Å². The van der Waals surface area contributed by atoms with Crippen LogP contribution in [0.5, 0.6) is 0 Å². The molecule has 0 bridgehead atoms. The van der Waals surface area contributed by atoms with Crippen LogP contribution in [0.2, 0.25) is 0 Å². The summed E-state index contributed by atoms with van der Waals surface area (Å²) in [6.45, 7) is 4.53. The Balaban J connectivity index is 1.98. The number of hydrogen-bond acceptors (Lipinski definition) is 5. The maximum Gasteiger partial charge on any atom is 0.351 e. The van der Waals surface area contributed by atoms with E-state index in [1.807, 2.05) is 13.8 Å². The molecule has 1 saturated heterocycles. The molecule has 2 rings (SSSR count). The largest absolute Gasteiger partial charge is 0.383 e. The lowest BCUT2D eigenvalue weighted by atomic mass is 10.2. The van der Waals surface area contributed by atoms with Crippen LogP contribution in [0.25, 0.3) is 0 Å². The van der Waals surface area contributed by atoms with Crippen molar-refractivity contribution in [3.63, 3.8) is 0 Å². The Kier molecular flexibility index (Phi) is 3.98. The SMILES string of the molecule is CC(C)OC[C@@H]1CC[C@H](n2ccc(N)nc2=O)O1. The van der Waals surface area contributed by atoms with Crippen molar-refractivity contribution >= 4 is 5.82 Å². The first-order chi connectivity index (χ1) is 8.56. The summed E-state index contributed by atoms with van der Waals surface area (Å²) in [5.74, 6) is 0.230. The number of nitrogens with zero attached hydrogens (tertiary/aromatic N) is 2. The zero-order valence-corrected chi connectivity index (χ0v) is 10.7. The second kappa shape index (κ2) is 5.49. The minimum atomic E-state index is -0.370. The third kappa shape index (κ3) is 3.08. The van der Waals surface area contributed by atoms with Crippen molar-refractivity contribution in [2.24, 2.45) is 0 Å². The number of nitrogen functional groups attached to an aromatic ring is 1. The van der Waals surface area contributed by atoms with Gasteiger partial charge in [0, 0.05) is 6.20 Å². The van der Waals surface area contributed by atoms with Crippen molar-refractivity contribution in [1.29, 1.82) is 0 Å². The molecule has 0 saturated carbocycles. The Bertz CT molecular complexity index is 458. The normalized spacial score (nSPS) is 23.7. The average molecular weight is 253 g/mol. The number of nitrogens with two attached hydrogens (primary N) is 1. The number of ether oxygens (including phenoxy) is 2. The van der Waals surface area contributed by atoms with Crippen LogP contribution in [0.3, 0.4) is 0 Å². The minimum absolute atomic E-state index is 0.0434. The molecule has 100 valence electrons. The van der Waals surface area contributed by atoms with Gasteiger partial charge in [0.05, 0.1) is 18.8 Å². The molecule has 1 fully saturated rings. The van der Waals surface area contributed by atoms with Gasteiger partial charge in [-0.2, -0.15) is 4.98 Å². The first-order valence-corrected chi connectivity index (χ1v) is 6.18. The molecule has 2 N–H and O–H groups in total. The molecular weight excluding hydrogens is 234 g/mol. The van der Waals surface area contributed by atoms with Gasteiger partial charge in [0.2, 0.25) is 0 Å². The van der Waals surface area contributed by atoms with Crippen LogP contribution in [-0.2, 0) is 9.47 Å². The van der Waals surface area contributed by atoms with Gasteiger partial charge in [-0.1, -0.05) is 0 Å². The summed E-state index contributed by atoms with van der Waals surface area (Å²) >= 11 is 0. The van der Waals surface area contributed by atoms with Gasteiger partial charge in [0.1, 0.15) is 12.0 Å². The quantitative estimate of drug-likeness (QED) is 0.863. The maximum absolute atomic E-state index is 11.7. The summed E-state index contributed by atoms with van der Waals surface area (Å²) in [6.07, 6.45) is 3.27. The monoisotopic (exact) mass is 253 g/mol. The smallest absolute Gasteiger partial charge is 0.351 e. The van der Waals surface area contributed by atoms with Crippen LogP contribution in [0.15, 0.2) is 17.1 Å². The lowest BCUT2D eigenvalue weighted by molar-refractivity contribution is -0.0551. The molecule has 0 aliphatic carbocycles. The summed E-state index contributed by atoms with van der Waals surface area (Å²) < 4.78 is 12.8. The Labute approximate surface area is 106 Å². The summed E-state index contributed by atoms with van der Waals surface area (Å²) in [7, 11) is 0. The molecule has 6 nitrogen and oxygen atoms in total. The van der Waals surface area contributed by atoms with Crippen molar-refractivity contribution in [2.45, 2.75) is 45.1 Å². The zero-order valence-electron chi connectivity index (χ0n) is 10.7. The standard InChI is InChI=1S/C12H19N3O3/c1-8(2)17-7-9-3-4-11(18-9)15-6-5-10(13)14-12(15)16/h5-6,8-9,11H,3-4,7H2,1-2H3,(H2,13,14,16)/t9-,11+/m0/s1. The summed E-state index contributed by atoms with van der Waals surface area (Å²) in [6, 6.07) is 1.60. The average Bonchev–Trinajstić information content (AvgIpc) is 2.75. The predicted octanol–water partition coefficient (Wildman–Crippen LogP) is 0.928. The van der Waals surface area contributed by atoms with E-state index in [4.69, 9.17) is 15.2 Å². The first-order valence-electron chi connectivity index (χ1n) is 6.18. The third-order valence-electron chi connectivity index (χ3n) is 2.86. The van der Waals surface area contributed by atoms with Crippen molar-refractivity contribution in [2.75, 3.05) is 12.3 Å². The van der Waals surface area contributed by atoms with Crippen molar-refractivity contribution < 1.29 is 9.47 Å². The Morgan fingerprint density at radius 1 is 1.61 bits per heavy atom. The maximum atomic E-state index is 11.7. The van der Waals surface area contributed by atoms with Crippen LogP contribution in [-0.4, -0.2) is 28.4 Å². The Morgan fingerprint density at radius 2 is 2.39 bits per heavy atom. The van der Waals surface area contributed by atoms with E-state index in [2.05, 4.69) is 4.98 Å². The van der Waals surface area contributed by atoms with Crippen molar-refractivity contribution in [3.8, 4) is 0 Å². The van der Waals surface area contributed by atoms with Gasteiger partial charge < -0.3 is 15.2 Å². The topological polar surface area (TPSA) is 79.4 Å². The highest BCUT2D eigenvalue weighted by Crippen LogP contribution is 2.27. The number of anilines is 1. The van der Waals surface area contributed by atoms with E-state index >= 15 is 0 Å². The second-order valence-electron chi connectivity index (χ2n) is 4.71.